The summed E-state index contributed by atoms with van der Waals surface area (Å²) >= 11 is 1.35. The van der Waals surface area contributed by atoms with Crippen LogP contribution in [0.4, 0.5) is 5.82 Å². The third-order valence-corrected chi connectivity index (χ3v) is 10.7. The van der Waals surface area contributed by atoms with E-state index in [1.807, 2.05) is 13.0 Å². The van der Waals surface area contributed by atoms with Crippen LogP contribution in [0.3, 0.4) is 0 Å². The van der Waals surface area contributed by atoms with Crippen molar-refractivity contribution in [2.45, 2.75) is 31.3 Å². The largest absolute Gasteiger partial charge is 0.366 e. The number of aryl methyl sites for hydroxylation is 1. The Morgan fingerprint density at radius 2 is 1.84 bits per heavy atom. The summed E-state index contributed by atoms with van der Waals surface area (Å²) < 4.78 is 33.6. The van der Waals surface area contributed by atoms with Gasteiger partial charge in [-0.2, -0.15) is 4.31 Å². The van der Waals surface area contributed by atoms with Gasteiger partial charge in [0.05, 0.1) is 21.0 Å². The minimum Gasteiger partial charge on any atom is -0.366 e. The number of sulfonamides is 1. The van der Waals surface area contributed by atoms with Crippen molar-refractivity contribution in [3.05, 3.63) is 77.6 Å². The van der Waals surface area contributed by atoms with Gasteiger partial charge in [-0.05, 0) is 57.3 Å². The van der Waals surface area contributed by atoms with E-state index in [4.69, 9.17) is 4.52 Å². The van der Waals surface area contributed by atoms with Crippen molar-refractivity contribution < 1.29 is 12.9 Å². The van der Waals surface area contributed by atoms with Crippen molar-refractivity contribution in [2.75, 3.05) is 52.1 Å². The molecule has 0 radical (unpaired) electrons. The molecule has 0 amide bonds. The highest BCUT2D eigenvalue weighted by Crippen LogP contribution is 2.32. The summed E-state index contributed by atoms with van der Waals surface area (Å²) in [6.07, 6.45) is 1.62. The lowest BCUT2D eigenvalue weighted by Gasteiger charge is -2.35. The van der Waals surface area contributed by atoms with Crippen LogP contribution in [-0.4, -0.2) is 90.5 Å². The van der Waals surface area contributed by atoms with Gasteiger partial charge >= 0.3 is 0 Å². The average Bonchev–Trinajstić information content (AvgIpc) is 3.67. The van der Waals surface area contributed by atoms with Crippen LogP contribution in [0.15, 0.2) is 75.7 Å². The number of hydrogen-bond acceptors (Lipinski definition) is 10. The predicted octanol–water partition coefficient (Wildman–Crippen LogP) is 5.19. The summed E-state index contributed by atoms with van der Waals surface area (Å²) in [5.41, 5.74) is 5.13. The fraction of sp³-hybridized carbons (Fsp3) is 0.344. The van der Waals surface area contributed by atoms with E-state index in [0.29, 0.717) is 36.8 Å². The molecule has 12 heteroatoms. The fourth-order valence-electron chi connectivity index (χ4n) is 5.67. The standard InChI is InChI=1S/C32H37N7O3S2/c1-22-15-29(42-36-22)30-17-26(20-43-30)44(40,41)39-13-11-38(12-14-39)18-23(2)35-32-28-10-6-9-27(31(28)33-21-34-32)25-8-5-7-24(16-25)19-37(3)4/h5-10,15-17,20-21,23H,11-14,18-19H2,1-4H3,(H,33,34,35)/t23-/m0/s1. The van der Waals surface area contributed by atoms with E-state index in [0.717, 1.165) is 51.5 Å². The van der Waals surface area contributed by atoms with Gasteiger partial charge in [0, 0.05) is 67.7 Å². The van der Waals surface area contributed by atoms with E-state index < -0.39 is 10.0 Å². The number of piperazine rings is 1. The number of thiophene rings is 1. The van der Waals surface area contributed by atoms with E-state index >= 15 is 0 Å². The van der Waals surface area contributed by atoms with Gasteiger partial charge in [-0.1, -0.05) is 35.5 Å². The molecule has 44 heavy (non-hydrogen) atoms. The molecular weight excluding hydrogens is 595 g/mol. The second-order valence-corrected chi connectivity index (χ2v) is 14.4. The summed E-state index contributed by atoms with van der Waals surface area (Å²) in [6, 6.07) is 18.4. The third-order valence-electron chi connectivity index (χ3n) is 7.73. The molecule has 3 aromatic heterocycles. The summed E-state index contributed by atoms with van der Waals surface area (Å²) in [4.78, 5) is 14.8. The van der Waals surface area contributed by atoms with Crippen LogP contribution in [0.25, 0.3) is 32.7 Å². The highest BCUT2D eigenvalue weighted by molar-refractivity contribution is 7.89. The van der Waals surface area contributed by atoms with Gasteiger partial charge in [-0.15, -0.1) is 11.3 Å². The molecule has 1 atom stereocenters. The number of aromatic nitrogens is 3. The van der Waals surface area contributed by atoms with Gasteiger partial charge in [0.2, 0.25) is 10.0 Å². The van der Waals surface area contributed by atoms with Crippen molar-refractivity contribution in [3.8, 4) is 21.8 Å². The first-order valence-corrected chi connectivity index (χ1v) is 17.0. The molecule has 0 spiro atoms. The molecule has 6 rings (SSSR count). The van der Waals surface area contributed by atoms with Gasteiger partial charge in [0.25, 0.3) is 0 Å². The molecule has 4 heterocycles. The zero-order valence-electron chi connectivity index (χ0n) is 25.4. The molecule has 1 saturated heterocycles. The summed E-state index contributed by atoms with van der Waals surface area (Å²) in [5, 5.41) is 10.2. The fourth-order valence-corrected chi connectivity index (χ4v) is 8.30. The molecule has 1 aliphatic rings. The highest BCUT2D eigenvalue weighted by Gasteiger charge is 2.30. The SMILES string of the molecule is Cc1cc(-c2cc(S(=O)(=O)N3CCN(C[C@H](C)Nc4ncnc5c(-c6cccc(CN(C)C)c6)cccc45)CC3)cs2)on1. The second-order valence-electron chi connectivity index (χ2n) is 11.6. The van der Waals surface area contributed by atoms with Crippen molar-refractivity contribution in [2.24, 2.45) is 0 Å². The van der Waals surface area contributed by atoms with Crippen LogP contribution in [0.2, 0.25) is 0 Å². The lowest BCUT2D eigenvalue weighted by molar-refractivity contribution is 0.184. The van der Waals surface area contributed by atoms with Gasteiger partial charge in [-0.25, -0.2) is 18.4 Å². The van der Waals surface area contributed by atoms with E-state index in [1.54, 1.807) is 22.1 Å². The Morgan fingerprint density at radius 1 is 1.05 bits per heavy atom. The van der Waals surface area contributed by atoms with E-state index in [2.05, 4.69) is 93.7 Å². The van der Waals surface area contributed by atoms with Gasteiger partial charge in [0.15, 0.2) is 5.76 Å². The van der Waals surface area contributed by atoms with Crippen LogP contribution < -0.4 is 5.32 Å². The molecule has 1 N–H and O–H groups in total. The zero-order chi connectivity index (χ0) is 30.8. The van der Waals surface area contributed by atoms with Gasteiger partial charge < -0.3 is 14.7 Å². The summed E-state index contributed by atoms with van der Waals surface area (Å²) in [5.74, 6) is 1.38. The normalized spacial score (nSPS) is 15.7. The Hall–Kier alpha value is -3.68. The van der Waals surface area contributed by atoms with Crippen molar-refractivity contribution in [3.63, 3.8) is 0 Å². The molecule has 10 nitrogen and oxygen atoms in total. The minimum absolute atomic E-state index is 0.0909. The van der Waals surface area contributed by atoms with Crippen LogP contribution in [0, 0.1) is 6.92 Å². The summed E-state index contributed by atoms with van der Waals surface area (Å²) in [7, 11) is 0.558. The first kappa shape index (κ1) is 30.4. The molecular formula is C32H37N7O3S2. The predicted molar refractivity (Wildman–Crippen MR) is 175 cm³/mol. The van der Waals surface area contributed by atoms with Crippen molar-refractivity contribution in [1.29, 1.82) is 0 Å². The van der Waals surface area contributed by atoms with Gasteiger partial charge in [0.1, 0.15) is 12.1 Å². The van der Waals surface area contributed by atoms with Crippen LogP contribution in [0.5, 0.6) is 0 Å². The van der Waals surface area contributed by atoms with Crippen LogP contribution in [-0.2, 0) is 16.6 Å². The number of fused-ring (bicyclic) bond motifs is 1. The Kier molecular flexibility index (Phi) is 8.79. The molecule has 0 saturated carbocycles. The molecule has 1 fully saturated rings. The van der Waals surface area contributed by atoms with E-state index in [-0.39, 0.29) is 6.04 Å². The second kappa shape index (κ2) is 12.7. The Labute approximate surface area is 262 Å². The van der Waals surface area contributed by atoms with Crippen molar-refractivity contribution in [1.82, 2.24) is 29.2 Å². The molecule has 0 bridgehead atoms. The number of benzene rings is 2. The lowest BCUT2D eigenvalue weighted by Crippen LogP contribution is -2.50. The number of rotatable bonds is 10. The molecule has 230 valence electrons. The number of hydrogen-bond donors (Lipinski definition) is 1. The maximum atomic E-state index is 13.4. The van der Waals surface area contributed by atoms with E-state index in [9.17, 15) is 8.42 Å². The topological polar surface area (TPSA) is 108 Å². The number of anilines is 1. The number of nitrogens with zero attached hydrogens (tertiary/aromatic N) is 6. The van der Waals surface area contributed by atoms with E-state index in [1.165, 1.54) is 16.9 Å². The average molecular weight is 632 g/mol. The zero-order valence-corrected chi connectivity index (χ0v) is 27.0. The Bertz CT molecular complexity index is 1860. The number of para-hydroxylation sites is 1. The Balaban J connectivity index is 1.09. The molecule has 0 unspecified atom stereocenters. The first-order chi connectivity index (χ1) is 21.2. The molecule has 0 aliphatic carbocycles. The van der Waals surface area contributed by atoms with Crippen LogP contribution >= 0.6 is 11.3 Å². The number of nitrogens with one attached hydrogen (secondary N) is 1. The van der Waals surface area contributed by atoms with Gasteiger partial charge in [-0.3, -0.25) is 4.90 Å². The maximum Gasteiger partial charge on any atom is 0.244 e. The molecule has 1 aliphatic heterocycles. The van der Waals surface area contributed by atoms with Crippen LogP contribution in [0.1, 0.15) is 18.2 Å². The molecule has 2 aromatic carbocycles. The quantitative estimate of drug-likeness (QED) is 0.223. The third kappa shape index (κ3) is 6.54. The Morgan fingerprint density at radius 3 is 2.59 bits per heavy atom. The smallest absolute Gasteiger partial charge is 0.244 e. The first-order valence-electron chi connectivity index (χ1n) is 14.7. The molecule has 5 aromatic rings. The monoisotopic (exact) mass is 631 g/mol. The van der Waals surface area contributed by atoms with Crippen molar-refractivity contribution >= 4 is 38.1 Å². The highest BCUT2D eigenvalue weighted by atomic mass is 32.2. The lowest BCUT2D eigenvalue weighted by atomic mass is 10.00. The summed E-state index contributed by atoms with van der Waals surface area (Å²) in [6.45, 7) is 7.79. The maximum absolute atomic E-state index is 13.4. The minimum atomic E-state index is -3.58.